The van der Waals surface area contributed by atoms with E-state index in [0.717, 1.165) is 35.7 Å². The summed E-state index contributed by atoms with van der Waals surface area (Å²) in [6, 6.07) is 5.13. The highest BCUT2D eigenvalue weighted by atomic mass is 32.2. The van der Waals surface area contributed by atoms with E-state index < -0.39 is 0 Å². The monoisotopic (exact) mass is 275 g/mol. The van der Waals surface area contributed by atoms with Crippen molar-refractivity contribution in [1.82, 2.24) is 9.97 Å². The van der Waals surface area contributed by atoms with Gasteiger partial charge in [0.1, 0.15) is 0 Å². The molecule has 0 saturated heterocycles. The van der Waals surface area contributed by atoms with Crippen molar-refractivity contribution in [3.63, 3.8) is 0 Å². The Morgan fingerprint density at radius 2 is 2.26 bits per heavy atom. The van der Waals surface area contributed by atoms with Gasteiger partial charge in [-0.2, -0.15) is 0 Å². The van der Waals surface area contributed by atoms with Crippen LogP contribution in [0.5, 0.6) is 0 Å². The fraction of sp³-hybridized carbons (Fsp3) is 0.308. The van der Waals surface area contributed by atoms with Crippen molar-refractivity contribution < 1.29 is 4.92 Å². The lowest BCUT2D eigenvalue weighted by Gasteiger charge is -2.02. The van der Waals surface area contributed by atoms with Crippen LogP contribution in [-0.2, 0) is 12.8 Å². The van der Waals surface area contributed by atoms with Crippen LogP contribution >= 0.6 is 11.8 Å². The van der Waals surface area contributed by atoms with Gasteiger partial charge in [-0.25, -0.2) is 4.98 Å². The first-order valence-corrected chi connectivity index (χ1v) is 6.96. The van der Waals surface area contributed by atoms with Gasteiger partial charge in [0.15, 0.2) is 5.16 Å². The molecule has 1 aliphatic carbocycles. The van der Waals surface area contributed by atoms with Crippen LogP contribution in [0.2, 0.25) is 0 Å². The zero-order valence-corrected chi connectivity index (χ0v) is 11.3. The number of rotatable bonds is 3. The third kappa shape index (κ3) is 2.35. The minimum atomic E-state index is -0.349. The summed E-state index contributed by atoms with van der Waals surface area (Å²) < 4.78 is 0. The number of fused-ring (bicyclic) bond motifs is 1. The minimum absolute atomic E-state index is 0.132. The quantitative estimate of drug-likeness (QED) is 0.689. The number of nitro benzene ring substituents is 1. The zero-order valence-electron chi connectivity index (χ0n) is 10.5. The van der Waals surface area contributed by atoms with Crippen molar-refractivity contribution in [2.45, 2.75) is 36.2 Å². The van der Waals surface area contributed by atoms with Gasteiger partial charge in [-0.05, 0) is 49.6 Å². The number of hydrogen-bond donors (Lipinski definition) is 1. The van der Waals surface area contributed by atoms with Crippen LogP contribution in [0.4, 0.5) is 5.69 Å². The van der Waals surface area contributed by atoms with Gasteiger partial charge in [0.2, 0.25) is 0 Å². The molecule has 0 amide bonds. The number of aromatic amines is 1. The molecule has 0 atom stereocenters. The summed E-state index contributed by atoms with van der Waals surface area (Å²) in [5, 5.41) is 11.8. The van der Waals surface area contributed by atoms with Crippen LogP contribution < -0.4 is 0 Å². The Labute approximate surface area is 114 Å². The Kier molecular flexibility index (Phi) is 3.02. The summed E-state index contributed by atoms with van der Waals surface area (Å²) in [5.74, 6) is 0. The first-order chi connectivity index (χ1) is 9.13. The molecule has 2 aromatic rings. The molecule has 6 heteroatoms. The number of nitrogens with zero attached hydrogens (tertiary/aromatic N) is 2. The molecule has 19 heavy (non-hydrogen) atoms. The van der Waals surface area contributed by atoms with Crippen molar-refractivity contribution in [3.05, 3.63) is 45.3 Å². The number of benzene rings is 1. The summed E-state index contributed by atoms with van der Waals surface area (Å²) >= 11 is 1.33. The van der Waals surface area contributed by atoms with Crippen molar-refractivity contribution in [2.75, 3.05) is 0 Å². The lowest BCUT2D eigenvalue weighted by Crippen LogP contribution is -1.92. The Morgan fingerprint density at radius 1 is 1.42 bits per heavy atom. The van der Waals surface area contributed by atoms with E-state index in [1.54, 1.807) is 12.1 Å². The topological polar surface area (TPSA) is 71.8 Å². The number of nitro groups is 1. The molecule has 1 N–H and O–H groups in total. The zero-order chi connectivity index (χ0) is 13.4. The maximum atomic E-state index is 11.0. The molecule has 0 radical (unpaired) electrons. The molecule has 5 nitrogen and oxygen atoms in total. The van der Waals surface area contributed by atoms with E-state index >= 15 is 0 Å². The van der Waals surface area contributed by atoms with E-state index in [9.17, 15) is 10.1 Å². The molecule has 0 saturated carbocycles. The lowest BCUT2D eigenvalue weighted by molar-refractivity contribution is -0.387. The summed E-state index contributed by atoms with van der Waals surface area (Å²) in [6.45, 7) is 1.93. The molecule has 1 aromatic carbocycles. The predicted molar refractivity (Wildman–Crippen MR) is 72.6 cm³/mol. The lowest BCUT2D eigenvalue weighted by atomic mass is 10.2. The Hall–Kier alpha value is -1.82. The Bertz CT molecular complexity index is 630. The number of hydrogen-bond acceptors (Lipinski definition) is 4. The van der Waals surface area contributed by atoms with Gasteiger partial charge in [-0.3, -0.25) is 10.1 Å². The van der Waals surface area contributed by atoms with Gasteiger partial charge in [-0.15, -0.1) is 0 Å². The third-order valence-electron chi connectivity index (χ3n) is 3.20. The van der Waals surface area contributed by atoms with E-state index in [2.05, 4.69) is 9.97 Å². The summed E-state index contributed by atoms with van der Waals surface area (Å²) in [6.07, 6.45) is 3.17. The highest BCUT2D eigenvalue weighted by Crippen LogP contribution is 2.35. The maximum Gasteiger partial charge on any atom is 0.283 e. The molecule has 0 unspecified atom stereocenters. The fourth-order valence-electron chi connectivity index (χ4n) is 2.27. The molecule has 0 bridgehead atoms. The van der Waals surface area contributed by atoms with Crippen LogP contribution in [0.1, 0.15) is 23.4 Å². The van der Waals surface area contributed by atoms with Crippen LogP contribution in [0.25, 0.3) is 0 Å². The second-order valence-corrected chi connectivity index (χ2v) is 5.68. The number of imidazole rings is 1. The predicted octanol–water partition coefficient (Wildman–Crippen LogP) is 3.27. The molecule has 0 aliphatic heterocycles. The Morgan fingerprint density at radius 3 is 3.00 bits per heavy atom. The molecule has 1 aliphatic rings. The maximum absolute atomic E-state index is 11.0. The molecular formula is C13H13N3O2S. The molecule has 0 spiro atoms. The van der Waals surface area contributed by atoms with Gasteiger partial charge in [0.05, 0.1) is 15.5 Å². The number of aryl methyl sites for hydroxylation is 3. The van der Waals surface area contributed by atoms with Crippen molar-refractivity contribution in [2.24, 2.45) is 0 Å². The summed E-state index contributed by atoms with van der Waals surface area (Å²) in [7, 11) is 0. The van der Waals surface area contributed by atoms with E-state index in [-0.39, 0.29) is 10.6 Å². The number of nitrogens with one attached hydrogen (secondary N) is 1. The molecule has 3 rings (SSSR count). The molecule has 1 aromatic heterocycles. The van der Waals surface area contributed by atoms with Crippen molar-refractivity contribution in [3.8, 4) is 0 Å². The molecule has 98 valence electrons. The van der Waals surface area contributed by atoms with Crippen molar-refractivity contribution >= 4 is 17.4 Å². The van der Waals surface area contributed by atoms with Gasteiger partial charge < -0.3 is 4.98 Å². The minimum Gasteiger partial charge on any atom is -0.336 e. The van der Waals surface area contributed by atoms with Gasteiger partial charge >= 0.3 is 0 Å². The first kappa shape index (κ1) is 12.2. The van der Waals surface area contributed by atoms with Gasteiger partial charge in [0, 0.05) is 11.8 Å². The van der Waals surface area contributed by atoms with Crippen LogP contribution in [0.3, 0.4) is 0 Å². The molecule has 1 heterocycles. The summed E-state index contributed by atoms with van der Waals surface area (Å²) in [5.41, 5.74) is 3.43. The van der Waals surface area contributed by atoms with E-state index in [4.69, 9.17) is 0 Å². The number of H-pyrrole nitrogens is 1. The standard InChI is InChI=1S/C13H13N3O2S/c1-8-5-6-11(16(17)18)12(7-8)19-13-14-9-3-2-4-10(9)15-13/h5-7H,2-4H2,1H3,(H,14,15). The van der Waals surface area contributed by atoms with Crippen LogP contribution in [0, 0.1) is 17.0 Å². The van der Waals surface area contributed by atoms with Crippen LogP contribution in [-0.4, -0.2) is 14.9 Å². The average Bonchev–Trinajstić information content (AvgIpc) is 2.89. The highest BCUT2D eigenvalue weighted by molar-refractivity contribution is 7.99. The largest absolute Gasteiger partial charge is 0.336 e. The summed E-state index contributed by atoms with van der Waals surface area (Å²) in [4.78, 5) is 19.1. The average molecular weight is 275 g/mol. The Balaban J connectivity index is 1.93. The van der Waals surface area contributed by atoms with E-state index in [1.807, 2.05) is 13.0 Å². The first-order valence-electron chi connectivity index (χ1n) is 6.14. The molecular weight excluding hydrogens is 262 g/mol. The fourth-order valence-corrected chi connectivity index (χ4v) is 3.30. The van der Waals surface area contributed by atoms with Gasteiger partial charge in [-0.1, -0.05) is 6.07 Å². The van der Waals surface area contributed by atoms with E-state index in [1.165, 1.54) is 17.5 Å². The second-order valence-electron chi connectivity index (χ2n) is 4.65. The second kappa shape index (κ2) is 4.70. The highest BCUT2D eigenvalue weighted by Gasteiger charge is 2.20. The van der Waals surface area contributed by atoms with E-state index in [0.29, 0.717) is 4.90 Å². The third-order valence-corrected chi connectivity index (χ3v) is 4.14. The number of aromatic nitrogens is 2. The van der Waals surface area contributed by atoms with Crippen LogP contribution in [0.15, 0.2) is 28.3 Å². The smallest absolute Gasteiger partial charge is 0.283 e. The SMILES string of the molecule is Cc1ccc([N+](=O)[O-])c(Sc2nc3c([nH]2)CCC3)c1. The molecule has 0 fully saturated rings. The normalized spacial score (nSPS) is 13.5. The van der Waals surface area contributed by atoms with Gasteiger partial charge in [0.25, 0.3) is 5.69 Å². The van der Waals surface area contributed by atoms with Crippen molar-refractivity contribution in [1.29, 1.82) is 0 Å².